The van der Waals surface area contributed by atoms with Gasteiger partial charge in [-0.2, -0.15) is 13.2 Å². The number of halogens is 3. The fraction of sp³-hybridized carbons (Fsp3) is 0.667. The van der Waals surface area contributed by atoms with Crippen molar-refractivity contribution in [2.75, 3.05) is 0 Å². The van der Waals surface area contributed by atoms with Crippen molar-refractivity contribution in [3.05, 3.63) is 0 Å². The molecule has 0 heterocycles. The maximum absolute atomic E-state index is 11.4. The highest BCUT2D eigenvalue weighted by molar-refractivity contribution is 7.53. The monoisotopic (exact) mass is 208 g/mol. The quantitative estimate of drug-likeness (QED) is 0.537. The molecule has 1 atom stereocenters. The van der Waals surface area contributed by atoms with Gasteiger partial charge in [0.15, 0.2) is 0 Å². The van der Waals surface area contributed by atoms with Gasteiger partial charge in [-0.3, -0.25) is 9.36 Å². The number of alkyl halides is 3. The largest absolute Gasteiger partial charge is 0.453 e. The van der Waals surface area contributed by atoms with Crippen LogP contribution in [-0.4, -0.2) is 32.7 Å². The van der Waals surface area contributed by atoms with Crippen LogP contribution in [0.15, 0.2) is 0 Å². The molecule has 0 aliphatic heterocycles. The van der Waals surface area contributed by atoms with Crippen molar-refractivity contribution >= 4 is 13.4 Å². The Labute approximate surface area is 64.0 Å². The van der Waals surface area contributed by atoms with Crippen LogP contribution >= 0.6 is 7.60 Å². The normalized spacial score (nSPS) is 15.8. The van der Waals surface area contributed by atoms with Crippen molar-refractivity contribution in [3.63, 3.8) is 0 Å². The highest BCUT2D eigenvalue weighted by atomic mass is 31.2. The zero-order chi connectivity index (χ0) is 10.2. The molecule has 0 aliphatic rings. The number of hydrogen-bond acceptors (Lipinski definition) is 3. The van der Waals surface area contributed by atoms with Crippen molar-refractivity contribution in [1.82, 2.24) is 0 Å². The Morgan fingerprint density at radius 2 is 1.67 bits per heavy atom. The molecule has 1 unspecified atom stereocenters. The third kappa shape index (κ3) is 2.90. The summed E-state index contributed by atoms with van der Waals surface area (Å²) in [5.41, 5.74) is 0. The van der Waals surface area contributed by atoms with Crippen LogP contribution in [0, 0.1) is 0 Å². The van der Waals surface area contributed by atoms with Gasteiger partial charge < -0.3 is 14.9 Å². The molecular weight excluding hydrogens is 204 g/mol. The smallest absolute Gasteiger partial charge is 0.374 e. The number of carbonyl (C=O) groups excluding carboxylic acids is 1. The SMILES string of the molecule is O=C(C(O)P(=O)(O)O)C(F)(F)F. The van der Waals surface area contributed by atoms with Crippen LogP contribution in [0.25, 0.3) is 0 Å². The number of carbonyl (C=O) groups is 1. The molecule has 12 heavy (non-hydrogen) atoms. The van der Waals surface area contributed by atoms with Gasteiger partial charge in [0.05, 0.1) is 0 Å². The average molecular weight is 208 g/mol. The first-order valence-electron chi connectivity index (χ1n) is 2.41. The predicted molar refractivity (Wildman–Crippen MR) is 29.1 cm³/mol. The highest BCUT2D eigenvalue weighted by Gasteiger charge is 2.49. The molecule has 0 radical (unpaired) electrons. The van der Waals surface area contributed by atoms with Crippen LogP contribution in [0.3, 0.4) is 0 Å². The average Bonchev–Trinajstić information content (AvgIpc) is 1.80. The second kappa shape index (κ2) is 3.14. The molecule has 9 heteroatoms. The molecule has 3 N–H and O–H groups in total. The number of hydrogen-bond donors (Lipinski definition) is 3. The zero-order valence-corrected chi connectivity index (χ0v) is 6.21. The second-order valence-electron chi connectivity index (χ2n) is 1.82. The first kappa shape index (κ1) is 11.6. The van der Waals surface area contributed by atoms with Gasteiger partial charge in [-0.05, 0) is 0 Å². The van der Waals surface area contributed by atoms with E-state index in [2.05, 4.69) is 0 Å². The maximum atomic E-state index is 11.4. The van der Waals surface area contributed by atoms with Crippen molar-refractivity contribution in [1.29, 1.82) is 0 Å². The fourth-order valence-electron chi connectivity index (χ4n) is 0.299. The summed E-state index contributed by atoms with van der Waals surface area (Å²) in [6, 6.07) is 0. The molecular formula is C3H4F3O5P. The number of rotatable bonds is 2. The Bertz CT molecular complexity index is 229. The lowest BCUT2D eigenvalue weighted by Crippen LogP contribution is -2.34. The van der Waals surface area contributed by atoms with Crippen LogP contribution < -0.4 is 0 Å². The van der Waals surface area contributed by atoms with Gasteiger partial charge in [-0.1, -0.05) is 0 Å². The highest BCUT2D eigenvalue weighted by Crippen LogP contribution is 2.42. The first-order chi connectivity index (χ1) is 5.07. The third-order valence-corrected chi connectivity index (χ3v) is 1.70. The van der Waals surface area contributed by atoms with E-state index in [-0.39, 0.29) is 0 Å². The van der Waals surface area contributed by atoms with Crippen LogP contribution in [0.4, 0.5) is 13.2 Å². The Morgan fingerprint density at radius 3 is 1.75 bits per heavy atom. The van der Waals surface area contributed by atoms with Crippen molar-refractivity contribution < 1.29 is 37.4 Å². The van der Waals surface area contributed by atoms with E-state index in [1.54, 1.807) is 0 Å². The molecule has 0 aliphatic carbocycles. The zero-order valence-electron chi connectivity index (χ0n) is 5.32. The van der Waals surface area contributed by atoms with E-state index in [1.165, 1.54) is 0 Å². The maximum Gasteiger partial charge on any atom is 0.453 e. The molecule has 0 rings (SSSR count). The molecule has 0 saturated heterocycles. The molecule has 0 aromatic carbocycles. The van der Waals surface area contributed by atoms with Crippen LogP contribution in [0.2, 0.25) is 0 Å². The molecule has 0 amide bonds. The topological polar surface area (TPSA) is 94.8 Å². The van der Waals surface area contributed by atoms with E-state index in [4.69, 9.17) is 14.9 Å². The van der Waals surface area contributed by atoms with Gasteiger partial charge in [0.1, 0.15) is 0 Å². The lowest BCUT2D eigenvalue weighted by atomic mass is 10.4. The summed E-state index contributed by atoms with van der Waals surface area (Å²) in [6.07, 6.45) is -5.44. The van der Waals surface area contributed by atoms with Gasteiger partial charge in [-0.25, -0.2) is 0 Å². The standard InChI is InChI=1S/C3H4F3O5P/c4-3(5,6)1(7)2(8)12(9,10)11/h2,8H,(H2,9,10,11). The Morgan fingerprint density at radius 1 is 1.33 bits per heavy atom. The van der Waals surface area contributed by atoms with E-state index < -0.39 is 25.4 Å². The molecule has 5 nitrogen and oxygen atoms in total. The van der Waals surface area contributed by atoms with Gasteiger partial charge in [-0.15, -0.1) is 0 Å². The molecule has 0 saturated carbocycles. The van der Waals surface area contributed by atoms with E-state index in [0.29, 0.717) is 0 Å². The molecule has 72 valence electrons. The summed E-state index contributed by atoms with van der Waals surface area (Å²) in [5, 5.41) is 8.16. The number of aliphatic hydroxyl groups is 1. The number of ketones is 1. The lowest BCUT2D eigenvalue weighted by Gasteiger charge is -2.12. The van der Waals surface area contributed by atoms with Crippen molar-refractivity contribution in [3.8, 4) is 0 Å². The lowest BCUT2D eigenvalue weighted by molar-refractivity contribution is -0.176. The second-order valence-corrected chi connectivity index (χ2v) is 3.49. The van der Waals surface area contributed by atoms with Gasteiger partial charge >= 0.3 is 13.8 Å². The minimum absolute atomic E-state index is 2.85. The van der Waals surface area contributed by atoms with Crippen molar-refractivity contribution in [2.45, 2.75) is 12.0 Å². The molecule has 0 bridgehead atoms. The van der Waals surface area contributed by atoms with Crippen LogP contribution in [0.5, 0.6) is 0 Å². The Hall–Kier alpha value is -0.430. The minimum atomic E-state index is -5.44. The van der Waals surface area contributed by atoms with Gasteiger partial charge in [0.2, 0.25) is 5.85 Å². The molecule has 0 aromatic rings. The van der Waals surface area contributed by atoms with E-state index >= 15 is 0 Å². The van der Waals surface area contributed by atoms with Crippen LogP contribution in [0.1, 0.15) is 0 Å². The Balaban J connectivity index is 4.65. The minimum Gasteiger partial charge on any atom is -0.374 e. The van der Waals surface area contributed by atoms with E-state index in [1.807, 2.05) is 0 Å². The summed E-state index contributed by atoms with van der Waals surface area (Å²) < 4.78 is 44.1. The van der Waals surface area contributed by atoms with E-state index in [0.717, 1.165) is 0 Å². The summed E-state index contributed by atoms with van der Waals surface area (Å²) in [7, 11) is -5.42. The van der Waals surface area contributed by atoms with Crippen LogP contribution in [-0.2, 0) is 9.36 Å². The van der Waals surface area contributed by atoms with Gasteiger partial charge in [0, 0.05) is 0 Å². The van der Waals surface area contributed by atoms with Crippen molar-refractivity contribution in [2.24, 2.45) is 0 Å². The Kier molecular flexibility index (Phi) is 3.02. The number of aliphatic hydroxyl groups excluding tert-OH is 1. The predicted octanol–water partition coefficient (Wildman–Crippen LogP) is -0.386. The fourth-order valence-corrected chi connectivity index (χ4v) is 0.751. The first-order valence-corrected chi connectivity index (χ1v) is 4.09. The van der Waals surface area contributed by atoms with Gasteiger partial charge in [0.25, 0.3) is 5.78 Å². The summed E-state index contributed by atoms with van der Waals surface area (Å²) >= 11 is 0. The molecule has 0 fully saturated rings. The third-order valence-electron chi connectivity index (χ3n) is 0.832. The van der Waals surface area contributed by atoms with E-state index in [9.17, 15) is 22.5 Å². The number of Topliss-reactive ketones (excluding diaryl/α,β-unsaturated/α-hetero) is 1. The molecule has 0 aromatic heterocycles. The molecule has 0 spiro atoms. The summed E-state index contributed by atoms with van der Waals surface area (Å²) in [4.78, 5) is 25.9. The summed E-state index contributed by atoms with van der Waals surface area (Å²) in [6.45, 7) is 0. The summed E-state index contributed by atoms with van der Waals surface area (Å²) in [5.74, 6) is -6.17.